The van der Waals surface area contributed by atoms with Gasteiger partial charge in [0.05, 0.1) is 12.0 Å². The first-order chi connectivity index (χ1) is 13.2. The summed E-state index contributed by atoms with van der Waals surface area (Å²) in [4.78, 5) is 23.6. The molecule has 0 radical (unpaired) electrons. The molecule has 154 valence electrons. The third-order valence-corrected chi connectivity index (χ3v) is 6.04. The lowest BCUT2D eigenvalue weighted by molar-refractivity contribution is -0.144. The normalized spacial score (nSPS) is 18.5. The van der Waals surface area contributed by atoms with Crippen molar-refractivity contribution in [2.45, 2.75) is 63.0 Å². The van der Waals surface area contributed by atoms with E-state index in [2.05, 4.69) is 4.72 Å². The zero-order valence-corrected chi connectivity index (χ0v) is 17.3. The molecule has 2 rings (SSSR count). The Balaban J connectivity index is 2.21. The first-order valence-corrected chi connectivity index (χ1v) is 10.7. The zero-order valence-electron chi connectivity index (χ0n) is 16.4. The van der Waals surface area contributed by atoms with E-state index >= 15 is 0 Å². The van der Waals surface area contributed by atoms with Crippen molar-refractivity contribution < 1.29 is 27.5 Å². The lowest BCUT2D eigenvalue weighted by Crippen LogP contribution is -2.41. The first-order valence-electron chi connectivity index (χ1n) is 9.25. The van der Waals surface area contributed by atoms with E-state index in [9.17, 15) is 18.0 Å². The van der Waals surface area contributed by atoms with Crippen molar-refractivity contribution in [3.63, 3.8) is 0 Å². The average molecular weight is 410 g/mol. The second kappa shape index (κ2) is 9.84. The van der Waals surface area contributed by atoms with Gasteiger partial charge in [-0.2, -0.15) is 4.72 Å². The smallest absolute Gasteiger partial charge is 0.324 e. The van der Waals surface area contributed by atoms with Gasteiger partial charge in [0.2, 0.25) is 10.0 Å². The van der Waals surface area contributed by atoms with E-state index in [0.29, 0.717) is 12.8 Å². The van der Waals surface area contributed by atoms with E-state index in [0.717, 1.165) is 24.0 Å². The third-order valence-electron chi connectivity index (χ3n) is 4.56. The summed E-state index contributed by atoms with van der Waals surface area (Å²) in [5.41, 5.74) is 1.80. The van der Waals surface area contributed by atoms with Crippen molar-refractivity contribution >= 4 is 22.0 Å². The van der Waals surface area contributed by atoms with E-state index in [1.54, 1.807) is 12.1 Å². The molecule has 28 heavy (non-hydrogen) atoms. The highest BCUT2D eigenvalue weighted by Gasteiger charge is 2.28. The summed E-state index contributed by atoms with van der Waals surface area (Å²) in [6.45, 7) is 3.21. The van der Waals surface area contributed by atoms with Crippen LogP contribution in [0.25, 0.3) is 0 Å². The number of carbonyl (C=O) groups is 2. The quantitative estimate of drug-likeness (QED) is 0.549. The van der Waals surface area contributed by atoms with Crippen molar-refractivity contribution in [1.29, 1.82) is 0 Å². The lowest BCUT2D eigenvalue weighted by Gasteiger charge is -2.19. The topological polar surface area (TPSA) is 98.8 Å². The van der Waals surface area contributed by atoms with Gasteiger partial charge in [-0.15, -0.1) is 0 Å². The van der Waals surface area contributed by atoms with E-state index < -0.39 is 22.0 Å². The Bertz CT molecular complexity index is 829. The fraction of sp³-hybridized carbons (Fsp3) is 0.500. The van der Waals surface area contributed by atoms with Crippen LogP contribution in [0.5, 0.6) is 0 Å². The Hall–Kier alpha value is -2.19. The summed E-state index contributed by atoms with van der Waals surface area (Å²) in [6, 6.07) is 5.32. The van der Waals surface area contributed by atoms with Gasteiger partial charge in [0.1, 0.15) is 12.1 Å². The molecule has 0 spiro atoms. The second-order valence-electron chi connectivity index (χ2n) is 6.93. The number of aryl methyl sites for hydroxylation is 1. The molecule has 0 bridgehead atoms. The number of ether oxygens (including phenoxy) is 2. The van der Waals surface area contributed by atoms with Crippen molar-refractivity contribution in [3.05, 3.63) is 41.5 Å². The van der Waals surface area contributed by atoms with E-state index in [1.807, 2.05) is 13.0 Å². The molecule has 0 amide bonds. The number of methoxy groups -OCH3 is 1. The number of sulfonamides is 1. The van der Waals surface area contributed by atoms with Crippen LogP contribution in [0.3, 0.4) is 0 Å². The molecule has 1 N–H and O–H groups in total. The minimum atomic E-state index is -3.89. The SMILES string of the molecule is COC(=O)[C@H](CC1=CC(OC(C)=O)CCCC1)NS(=O)(=O)c1ccc(C)cc1. The van der Waals surface area contributed by atoms with E-state index in [-0.39, 0.29) is 23.4 Å². The molecular weight excluding hydrogens is 382 g/mol. The summed E-state index contributed by atoms with van der Waals surface area (Å²) < 4.78 is 37.9. The molecule has 1 aliphatic rings. The predicted molar refractivity (Wildman–Crippen MR) is 104 cm³/mol. The molecule has 0 fully saturated rings. The van der Waals surface area contributed by atoms with Crippen LogP contribution in [-0.2, 0) is 29.1 Å². The largest absolute Gasteiger partial charge is 0.468 e. The van der Waals surface area contributed by atoms with Gasteiger partial charge in [0, 0.05) is 6.92 Å². The van der Waals surface area contributed by atoms with E-state index in [4.69, 9.17) is 9.47 Å². The van der Waals surface area contributed by atoms with Gasteiger partial charge in [-0.05, 0) is 57.2 Å². The van der Waals surface area contributed by atoms with Crippen LogP contribution in [0.15, 0.2) is 40.8 Å². The molecule has 8 heteroatoms. The van der Waals surface area contributed by atoms with Gasteiger partial charge in [0.25, 0.3) is 0 Å². The minimum absolute atomic E-state index is 0.0830. The molecule has 2 atom stereocenters. The predicted octanol–water partition coefficient (Wildman–Crippen LogP) is 2.64. The summed E-state index contributed by atoms with van der Waals surface area (Å²) in [6.07, 6.45) is 4.80. The maximum absolute atomic E-state index is 12.7. The maximum atomic E-state index is 12.7. The Labute approximate surface area is 166 Å². The number of benzene rings is 1. The average Bonchev–Trinajstić information content (AvgIpc) is 2.85. The monoisotopic (exact) mass is 409 g/mol. The van der Waals surface area contributed by atoms with Gasteiger partial charge < -0.3 is 9.47 Å². The zero-order chi connectivity index (χ0) is 20.7. The van der Waals surface area contributed by atoms with Crippen molar-refractivity contribution in [2.24, 2.45) is 0 Å². The Morgan fingerprint density at radius 3 is 2.50 bits per heavy atom. The van der Waals surface area contributed by atoms with Gasteiger partial charge in [-0.25, -0.2) is 8.42 Å². The molecule has 1 unspecified atom stereocenters. The number of nitrogens with one attached hydrogen (secondary N) is 1. The molecule has 0 aliphatic heterocycles. The molecule has 1 aromatic carbocycles. The standard InChI is InChI=1S/C20H27NO6S/c1-14-8-10-18(11-9-14)28(24,25)21-19(20(23)26-3)13-16-6-4-5-7-17(12-16)27-15(2)22/h8-12,17,19,21H,4-7,13H2,1-3H3/t17?,19-/m0/s1. The van der Waals surface area contributed by atoms with Crippen molar-refractivity contribution in [2.75, 3.05) is 7.11 Å². The summed E-state index contributed by atoms with van der Waals surface area (Å²) in [5, 5.41) is 0. The molecule has 0 saturated heterocycles. The fourth-order valence-electron chi connectivity index (χ4n) is 3.15. The number of carbonyl (C=O) groups excluding carboxylic acids is 2. The Kier molecular flexibility index (Phi) is 7.77. The van der Waals surface area contributed by atoms with Gasteiger partial charge in [0.15, 0.2) is 0 Å². The van der Waals surface area contributed by atoms with Gasteiger partial charge in [-0.1, -0.05) is 23.3 Å². The van der Waals surface area contributed by atoms with Crippen LogP contribution in [0, 0.1) is 6.92 Å². The summed E-state index contributed by atoms with van der Waals surface area (Å²) >= 11 is 0. The van der Waals surface area contributed by atoms with Crippen molar-refractivity contribution in [3.8, 4) is 0 Å². The van der Waals surface area contributed by atoms with Crippen LogP contribution >= 0.6 is 0 Å². The van der Waals surface area contributed by atoms with Crippen molar-refractivity contribution in [1.82, 2.24) is 4.72 Å². The van der Waals surface area contributed by atoms with Crippen LogP contribution in [0.4, 0.5) is 0 Å². The number of esters is 2. The molecular formula is C20H27NO6S. The minimum Gasteiger partial charge on any atom is -0.468 e. The van der Waals surface area contributed by atoms with Crippen LogP contribution in [0.2, 0.25) is 0 Å². The third kappa shape index (κ3) is 6.45. The second-order valence-corrected chi connectivity index (χ2v) is 8.65. The van der Waals surface area contributed by atoms with Gasteiger partial charge >= 0.3 is 11.9 Å². The number of hydrogen-bond donors (Lipinski definition) is 1. The van der Waals surface area contributed by atoms with Crippen LogP contribution in [-0.4, -0.2) is 39.6 Å². The highest BCUT2D eigenvalue weighted by atomic mass is 32.2. The fourth-order valence-corrected chi connectivity index (χ4v) is 4.34. The molecule has 7 nitrogen and oxygen atoms in total. The highest BCUT2D eigenvalue weighted by molar-refractivity contribution is 7.89. The molecule has 0 heterocycles. The molecule has 0 saturated carbocycles. The molecule has 0 aromatic heterocycles. The Morgan fingerprint density at radius 2 is 1.89 bits per heavy atom. The molecule has 1 aromatic rings. The number of rotatable bonds is 7. The molecule has 1 aliphatic carbocycles. The Morgan fingerprint density at radius 1 is 1.21 bits per heavy atom. The van der Waals surface area contributed by atoms with Gasteiger partial charge in [-0.3, -0.25) is 9.59 Å². The first kappa shape index (κ1) is 22.1. The van der Waals surface area contributed by atoms with Crippen LogP contribution in [0.1, 0.15) is 44.6 Å². The van der Waals surface area contributed by atoms with E-state index in [1.165, 1.54) is 26.2 Å². The number of hydrogen-bond acceptors (Lipinski definition) is 6. The lowest BCUT2D eigenvalue weighted by atomic mass is 10.0. The highest BCUT2D eigenvalue weighted by Crippen LogP contribution is 2.24. The summed E-state index contributed by atoms with van der Waals surface area (Å²) in [7, 11) is -2.67. The maximum Gasteiger partial charge on any atom is 0.324 e. The summed E-state index contributed by atoms with van der Waals surface area (Å²) in [5.74, 6) is -1.03. The van der Waals surface area contributed by atoms with Crippen LogP contribution < -0.4 is 4.72 Å².